The number of rotatable bonds is 1. The maximum Gasteiger partial charge on any atom is 0.331 e. The van der Waals surface area contributed by atoms with Gasteiger partial charge in [-0.25, -0.2) is 4.79 Å². The van der Waals surface area contributed by atoms with Gasteiger partial charge in [-0.3, -0.25) is 0 Å². The first kappa shape index (κ1) is 16.2. The highest BCUT2D eigenvalue weighted by molar-refractivity contribution is 5.85. The molecule has 3 nitrogen and oxygen atoms in total. The Bertz CT molecular complexity index is 668. The van der Waals surface area contributed by atoms with Gasteiger partial charge in [0.2, 0.25) is 0 Å². The van der Waals surface area contributed by atoms with Gasteiger partial charge in [-0.2, -0.15) is 0 Å². The number of carbonyl (C=O) groups is 1. The summed E-state index contributed by atoms with van der Waals surface area (Å²) in [5.74, 6) is 3.97. The molecule has 6 aliphatic rings. The van der Waals surface area contributed by atoms with Crippen LogP contribution in [0.1, 0.15) is 64.7 Å². The summed E-state index contributed by atoms with van der Waals surface area (Å²) in [5, 5.41) is 0. The van der Waals surface area contributed by atoms with E-state index < -0.39 is 0 Å². The molecule has 0 aromatic carbocycles. The number of ether oxygens (including phenoxy) is 2. The average Bonchev–Trinajstić information content (AvgIpc) is 3.22. The van der Waals surface area contributed by atoms with E-state index in [2.05, 4.69) is 6.92 Å². The van der Waals surface area contributed by atoms with Crippen LogP contribution in [-0.2, 0) is 14.3 Å². The molecule has 2 aliphatic heterocycles. The molecule has 6 rings (SSSR count). The smallest absolute Gasteiger partial charge is 0.331 e. The third-order valence-electron chi connectivity index (χ3n) is 10.0. The monoisotopic (exact) mass is 356 g/mol. The molecule has 8 atom stereocenters. The molecule has 4 saturated carbocycles. The van der Waals surface area contributed by atoms with E-state index in [1.807, 2.05) is 6.08 Å². The molecule has 5 fully saturated rings. The van der Waals surface area contributed by atoms with Crippen LogP contribution in [0.2, 0.25) is 0 Å². The summed E-state index contributed by atoms with van der Waals surface area (Å²) in [5.41, 5.74) is 2.18. The summed E-state index contributed by atoms with van der Waals surface area (Å²) < 4.78 is 11.6. The predicted octanol–water partition coefficient (Wildman–Crippen LogP) is 4.51. The predicted molar refractivity (Wildman–Crippen MR) is 98.3 cm³/mol. The van der Waals surface area contributed by atoms with Crippen molar-refractivity contribution in [2.75, 3.05) is 13.2 Å². The summed E-state index contributed by atoms with van der Waals surface area (Å²) in [6.45, 7) is 4.11. The maximum atomic E-state index is 11.7. The van der Waals surface area contributed by atoms with Gasteiger partial charge in [0.15, 0.2) is 0 Å². The van der Waals surface area contributed by atoms with Gasteiger partial charge in [0, 0.05) is 11.5 Å². The Kier molecular flexibility index (Phi) is 3.33. The van der Waals surface area contributed by atoms with Crippen molar-refractivity contribution < 1.29 is 14.3 Å². The van der Waals surface area contributed by atoms with E-state index in [-0.39, 0.29) is 5.97 Å². The lowest BCUT2D eigenvalue weighted by Crippen LogP contribution is -2.66. The summed E-state index contributed by atoms with van der Waals surface area (Å²) >= 11 is 0. The minimum Gasteiger partial charge on any atom is -0.458 e. The van der Waals surface area contributed by atoms with Crippen molar-refractivity contribution in [2.24, 2.45) is 40.4 Å². The van der Waals surface area contributed by atoms with E-state index in [0.29, 0.717) is 29.5 Å². The summed E-state index contributed by atoms with van der Waals surface area (Å²) in [6, 6.07) is 0. The normalized spacial score (nSPS) is 55.0. The lowest BCUT2D eigenvalue weighted by Gasteiger charge is -2.66. The van der Waals surface area contributed by atoms with Gasteiger partial charge < -0.3 is 9.47 Å². The van der Waals surface area contributed by atoms with Crippen LogP contribution in [0, 0.1) is 40.4 Å². The van der Waals surface area contributed by atoms with Crippen LogP contribution >= 0.6 is 0 Å². The molecule has 0 amide bonds. The van der Waals surface area contributed by atoms with Crippen molar-refractivity contribution in [2.45, 2.75) is 70.8 Å². The third-order valence-corrected chi connectivity index (χ3v) is 10.0. The molecule has 2 unspecified atom stereocenters. The molecule has 0 aromatic rings. The minimum absolute atomic E-state index is 0.124. The topological polar surface area (TPSA) is 35.5 Å². The second-order valence-electron chi connectivity index (χ2n) is 10.5. The van der Waals surface area contributed by atoms with Crippen molar-refractivity contribution >= 4 is 5.97 Å². The lowest BCUT2D eigenvalue weighted by molar-refractivity contribution is -0.278. The zero-order chi connectivity index (χ0) is 17.5. The zero-order valence-electron chi connectivity index (χ0n) is 16.0. The van der Waals surface area contributed by atoms with Crippen LogP contribution in [-0.4, -0.2) is 25.3 Å². The Morgan fingerprint density at radius 3 is 2.77 bits per heavy atom. The number of cyclic esters (lactones) is 1. The standard InChI is InChI=1S/C23H32O3/c1-22-9-3-2-4-15(22)5-6-16-18-8-7-17(14-10-21(24)25-12-14)23(18)13-26-20(23)11-19(16)22/h10,15-20H,2-9,11-13H2,1H3/t15?,16-,17+,18+,19-,20?,22-,23+/m0/s1. The van der Waals surface area contributed by atoms with Gasteiger partial charge in [0.1, 0.15) is 6.61 Å². The second-order valence-corrected chi connectivity index (χ2v) is 10.5. The average molecular weight is 357 g/mol. The van der Waals surface area contributed by atoms with E-state index in [9.17, 15) is 4.79 Å². The Hall–Kier alpha value is -0.830. The number of carbonyl (C=O) groups excluding carboxylic acids is 1. The first-order valence-corrected chi connectivity index (χ1v) is 11.1. The first-order valence-electron chi connectivity index (χ1n) is 11.1. The van der Waals surface area contributed by atoms with Crippen molar-refractivity contribution in [3.05, 3.63) is 11.6 Å². The van der Waals surface area contributed by atoms with Crippen LogP contribution in [0.5, 0.6) is 0 Å². The molecule has 1 spiro atoms. The van der Waals surface area contributed by atoms with E-state index in [1.165, 1.54) is 63.4 Å². The summed E-state index contributed by atoms with van der Waals surface area (Å²) in [4.78, 5) is 11.7. The Balaban J connectivity index is 1.35. The van der Waals surface area contributed by atoms with Crippen LogP contribution in [0.25, 0.3) is 0 Å². The second kappa shape index (κ2) is 5.37. The number of fused-ring (bicyclic) bond motifs is 4. The van der Waals surface area contributed by atoms with Crippen molar-refractivity contribution in [1.29, 1.82) is 0 Å². The van der Waals surface area contributed by atoms with Crippen molar-refractivity contribution in [3.63, 3.8) is 0 Å². The Morgan fingerprint density at radius 2 is 2.00 bits per heavy atom. The van der Waals surface area contributed by atoms with Crippen molar-refractivity contribution in [3.8, 4) is 0 Å². The van der Waals surface area contributed by atoms with Gasteiger partial charge in [-0.15, -0.1) is 0 Å². The molecule has 2 heterocycles. The van der Waals surface area contributed by atoms with E-state index in [1.54, 1.807) is 0 Å². The number of hydrogen-bond donors (Lipinski definition) is 0. The Labute approximate surface area is 156 Å². The van der Waals surface area contributed by atoms with E-state index in [0.717, 1.165) is 30.3 Å². The third kappa shape index (κ3) is 1.86. The van der Waals surface area contributed by atoms with Crippen LogP contribution in [0.4, 0.5) is 0 Å². The minimum atomic E-state index is -0.124. The highest BCUT2D eigenvalue weighted by Gasteiger charge is 2.69. The summed E-state index contributed by atoms with van der Waals surface area (Å²) in [6.07, 6.45) is 14.8. The highest BCUT2D eigenvalue weighted by Crippen LogP contribution is 2.71. The fourth-order valence-electron chi connectivity index (χ4n) is 8.86. The zero-order valence-corrected chi connectivity index (χ0v) is 16.0. The number of hydrogen-bond acceptors (Lipinski definition) is 3. The molecular formula is C23H32O3. The molecule has 3 heteroatoms. The van der Waals surface area contributed by atoms with Crippen molar-refractivity contribution in [1.82, 2.24) is 0 Å². The van der Waals surface area contributed by atoms with Gasteiger partial charge in [-0.1, -0.05) is 19.8 Å². The van der Waals surface area contributed by atoms with Crippen LogP contribution < -0.4 is 0 Å². The van der Waals surface area contributed by atoms with Crippen LogP contribution in [0.3, 0.4) is 0 Å². The molecule has 142 valence electrons. The first-order chi connectivity index (χ1) is 12.6. The molecule has 0 radical (unpaired) electrons. The molecule has 1 saturated heterocycles. The molecule has 0 N–H and O–H groups in total. The maximum absolute atomic E-state index is 11.7. The van der Waals surface area contributed by atoms with Crippen LogP contribution in [0.15, 0.2) is 11.6 Å². The molecule has 0 bridgehead atoms. The molecule has 0 aromatic heterocycles. The van der Waals surface area contributed by atoms with E-state index in [4.69, 9.17) is 9.47 Å². The Morgan fingerprint density at radius 1 is 1.08 bits per heavy atom. The number of esters is 1. The molecule has 26 heavy (non-hydrogen) atoms. The van der Waals surface area contributed by atoms with Gasteiger partial charge in [-0.05, 0) is 85.5 Å². The fraction of sp³-hybridized carbons (Fsp3) is 0.870. The van der Waals surface area contributed by atoms with Gasteiger partial charge in [0.05, 0.1) is 12.7 Å². The lowest BCUT2D eigenvalue weighted by atomic mass is 9.43. The highest BCUT2D eigenvalue weighted by atomic mass is 16.5. The largest absolute Gasteiger partial charge is 0.458 e. The van der Waals surface area contributed by atoms with Gasteiger partial charge >= 0.3 is 5.97 Å². The van der Waals surface area contributed by atoms with Gasteiger partial charge in [0.25, 0.3) is 0 Å². The molecular weight excluding hydrogens is 324 g/mol. The van der Waals surface area contributed by atoms with E-state index >= 15 is 0 Å². The quantitative estimate of drug-likeness (QED) is 0.649. The summed E-state index contributed by atoms with van der Waals surface area (Å²) in [7, 11) is 0. The fourth-order valence-corrected chi connectivity index (χ4v) is 8.86. The SMILES string of the molecule is C[C@]12CCCCC1CC[C@H]1[C@H]3CC[C@H](C4=CC(=O)OC4)[C@]34COC4C[C@@H]12. The molecule has 4 aliphatic carbocycles.